The van der Waals surface area contributed by atoms with Gasteiger partial charge in [0.25, 0.3) is 5.69 Å². The molecule has 7 heteroatoms. The van der Waals surface area contributed by atoms with Crippen LogP contribution in [-0.2, 0) is 4.79 Å². The Bertz CT molecular complexity index is 469. The highest BCUT2D eigenvalue weighted by atomic mass is 79.9. The first-order chi connectivity index (χ1) is 7.60. The Hall–Kier alpha value is -1.72. The van der Waals surface area contributed by atoms with Crippen LogP contribution in [0, 0.1) is 10.1 Å². The van der Waals surface area contributed by atoms with Gasteiger partial charge in [0.05, 0.1) is 16.0 Å². The molecule has 0 aliphatic carbocycles. The fourth-order valence-corrected chi connectivity index (χ4v) is 1.53. The van der Waals surface area contributed by atoms with Crippen LogP contribution >= 0.6 is 15.9 Å². The smallest absolute Gasteiger partial charge is 0.297 e. The second-order valence-electron chi connectivity index (χ2n) is 2.66. The maximum Gasteiger partial charge on any atom is 0.297 e. The molecule has 0 radical (unpaired) electrons. The first-order valence-corrected chi connectivity index (χ1v) is 5.08. The molecular weight excluding hydrogens is 280 g/mol. The van der Waals surface area contributed by atoms with E-state index in [1.165, 1.54) is 18.2 Å². The molecule has 0 aliphatic heterocycles. The molecule has 0 heterocycles. The molecule has 0 atom stereocenters. The Morgan fingerprint density at radius 3 is 2.81 bits per heavy atom. The Kier molecular flexibility index (Phi) is 4.16. The largest absolute Gasteiger partial charge is 0.493 e. The molecule has 6 nitrogen and oxygen atoms in total. The van der Waals surface area contributed by atoms with Crippen LogP contribution in [-0.4, -0.2) is 17.6 Å². The number of nitro benzene ring substituents is 1. The van der Waals surface area contributed by atoms with E-state index in [-0.39, 0.29) is 11.4 Å². The van der Waals surface area contributed by atoms with E-state index in [9.17, 15) is 14.9 Å². The van der Waals surface area contributed by atoms with Gasteiger partial charge in [0, 0.05) is 12.1 Å². The molecule has 0 saturated heterocycles. The molecule has 0 aliphatic rings. The summed E-state index contributed by atoms with van der Waals surface area (Å²) in [6.45, 7) is 2.18. The lowest BCUT2D eigenvalue weighted by Gasteiger charge is -2.06. The van der Waals surface area contributed by atoms with Crippen LogP contribution < -0.4 is 4.74 Å². The number of hydrogen-bond acceptors (Lipinski definition) is 5. The quantitative estimate of drug-likeness (QED) is 0.369. The summed E-state index contributed by atoms with van der Waals surface area (Å²) < 4.78 is 5.64. The van der Waals surface area contributed by atoms with Crippen LogP contribution in [0.4, 0.5) is 11.4 Å². The van der Waals surface area contributed by atoms with Gasteiger partial charge >= 0.3 is 0 Å². The van der Waals surface area contributed by atoms with Gasteiger partial charge in [0.2, 0.25) is 6.08 Å². The summed E-state index contributed by atoms with van der Waals surface area (Å²) in [6, 6.07) is 2.55. The maximum atomic E-state index is 10.7. The van der Waals surface area contributed by atoms with Crippen molar-refractivity contribution in [2.75, 3.05) is 6.61 Å². The van der Waals surface area contributed by atoms with Gasteiger partial charge in [0.1, 0.15) is 5.75 Å². The van der Waals surface area contributed by atoms with E-state index in [1.54, 1.807) is 6.92 Å². The fourth-order valence-electron chi connectivity index (χ4n) is 1.08. The fraction of sp³-hybridized carbons (Fsp3) is 0.222. The lowest BCUT2D eigenvalue weighted by Crippen LogP contribution is -1.94. The lowest BCUT2D eigenvalue weighted by molar-refractivity contribution is -0.384. The van der Waals surface area contributed by atoms with Gasteiger partial charge < -0.3 is 4.74 Å². The molecule has 0 N–H and O–H groups in total. The van der Waals surface area contributed by atoms with Crippen molar-refractivity contribution in [3.05, 3.63) is 26.7 Å². The normalized spacial score (nSPS) is 9.38. The highest BCUT2D eigenvalue weighted by Gasteiger charge is 2.17. The standard InChI is InChI=1S/C9H7BrN2O4/c1-2-16-9-4-7(11-5-13)8(12(14)15)3-6(9)10/h3-4H,2H2,1H3. The van der Waals surface area contributed by atoms with Crippen molar-refractivity contribution < 1.29 is 14.5 Å². The SMILES string of the molecule is CCOc1cc(N=C=O)c([N+](=O)[O-])cc1Br. The number of aliphatic imine (C=N–C) groups is 1. The zero-order valence-electron chi connectivity index (χ0n) is 8.27. The number of halogens is 1. The highest BCUT2D eigenvalue weighted by molar-refractivity contribution is 9.10. The predicted octanol–water partition coefficient (Wildman–Crippen LogP) is 2.72. The number of rotatable bonds is 4. The minimum Gasteiger partial charge on any atom is -0.493 e. The Morgan fingerprint density at radius 2 is 2.31 bits per heavy atom. The van der Waals surface area contributed by atoms with Crippen molar-refractivity contribution in [1.82, 2.24) is 0 Å². The Balaban J connectivity index is 3.36. The van der Waals surface area contributed by atoms with E-state index in [0.29, 0.717) is 16.8 Å². The highest BCUT2D eigenvalue weighted by Crippen LogP contribution is 2.37. The summed E-state index contributed by atoms with van der Waals surface area (Å²) in [5, 5.41) is 10.7. The van der Waals surface area contributed by atoms with E-state index in [1.807, 2.05) is 0 Å². The first-order valence-electron chi connectivity index (χ1n) is 4.28. The summed E-state index contributed by atoms with van der Waals surface area (Å²) in [4.78, 5) is 23.4. The third-order valence-electron chi connectivity index (χ3n) is 1.69. The molecule has 1 aromatic rings. The third kappa shape index (κ3) is 2.65. The van der Waals surface area contributed by atoms with Gasteiger partial charge in [-0.05, 0) is 22.9 Å². The van der Waals surface area contributed by atoms with Gasteiger partial charge in [-0.15, -0.1) is 0 Å². The van der Waals surface area contributed by atoms with Crippen molar-refractivity contribution in [2.45, 2.75) is 6.92 Å². The van der Waals surface area contributed by atoms with Crippen LogP contribution in [0.3, 0.4) is 0 Å². The summed E-state index contributed by atoms with van der Waals surface area (Å²) in [7, 11) is 0. The van der Waals surface area contributed by atoms with Gasteiger partial charge in [-0.25, -0.2) is 4.79 Å². The predicted molar refractivity (Wildman–Crippen MR) is 59.7 cm³/mol. The van der Waals surface area contributed by atoms with E-state index in [4.69, 9.17) is 4.74 Å². The van der Waals surface area contributed by atoms with Crippen LogP contribution in [0.1, 0.15) is 6.92 Å². The zero-order valence-corrected chi connectivity index (χ0v) is 9.85. The van der Waals surface area contributed by atoms with Gasteiger partial charge in [-0.1, -0.05) is 0 Å². The number of isocyanates is 1. The Morgan fingerprint density at radius 1 is 1.62 bits per heavy atom. The van der Waals surface area contributed by atoms with Crippen molar-refractivity contribution >= 4 is 33.4 Å². The number of benzene rings is 1. The Labute approximate surface area is 99.2 Å². The third-order valence-corrected chi connectivity index (χ3v) is 2.31. The van der Waals surface area contributed by atoms with E-state index < -0.39 is 4.92 Å². The number of ether oxygens (including phenoxy) is 1. The van der Waals surface area contributed by atoms with Crippen molar-refractivity contribution in [1.29, 1.82) is 0 Å². The number of nitro groups is 1. The molecule has 0 unspecified atom stereocenters. The number of hydrogen-bond donors (Lipinski definition) is 0. The molecule has 84 valence electrons. The van der Waals surface area contributed by atoms with Gasteiger partial charge in [0.15, 0.2) is 5.69 Å². The van der Waals surface area contributed by atoms with Gasteiger partial charge in [-0.2, -0.15) is 4.99 Å². The molecule has 1 aromatic carbocycles. The minimum atomic E-state index is -0.628. The zero-order chi connectivity index (χ0) is 12.1. The maximum absolute atomic E-state index is 10.7. The topological polar surface area (TPSA) is 81.8 Å². The van der Waals surface area contributed by atoms with Gasteiger partial charge in [-0.3, -0.25) is 10.1 Å². The summed E-state index contributed by atoms with van der Waals surface area (Å²) in [5.74, 6) is 0.391. The van der Waals surface area contributed by atoms with E-state index in [0.717, 1.165) is 0 Å². The van der Waals surface area contributed by atoms with E-state index >= 15 is 0 Å². The first kappa shape index (κ1) is 12.4. The average molecular weight is 287 g/mol. The molecule has 0 fully saturated rings. The monoisotopic (exact) mass is 286 g/mol. The van der Waals surface area contributed by atoms with Crippen LogP contribution in [0.2, 0.25) is 0 Å². The molecule has 0 spiro atoms. The molecule has 0 aromatic heterocycles. The second-order valence-corrected chi connectivity index (χ2v) is 3.52. The number of carbonyl (C=O) groups excluding carboxylic acids is 1. The summed E-state index contributed by atoms with van der Waals surface area (Å²) >= 11 is 3.13. The molecule has 16 heavy (non-hydrogen) atoms. The van der Waals surface area contributed by atoms with Crippen LogP contribution in [0.15, 0.2) is 21.6 Å². The minimum absolute atomic E-state index is 0.0772. The lowest BCUT2D eigenvalue weighted by atomic mass is 10.2. The molecule has 0 amide bonds. The summed E-state index contributed by atoms with van der Waals surface area (Å²) in [6.07, 6.45) is 1.27. The van der Waals surface area contributed by atoms with Crippen LogP contribution in [0.25, 0.3) is 0 Å². The van der Waals surface area contributed by atoms with Crippen molar-refractivity contribution in [3.63, 3.8) is 0 Å². The van der Waals surface area contributed by atoms with Crippen molar-refractivity contribution in [2.24, 2.45) is 4.99 Å². The molecule has 0 bridgehead atoms. The number of nitrogens with zero attached hydrogens (tertiary/aromatic N) is 2. The second kappa shape index (κ2) is 5.39. The molecule has 0 saturated carbocycles. The summed E-state index contributed by atoms with van der Waals surface area (Å²) in [5.41, 5.74) is -0.356. The average Bonchev–Trinajstić information content (AvgIpc) is 2.23. The molecular formula is C9H7BrN2O4. The van der Waals surface area contributed by atoms with Crippen molar-refractivity contribution in [3.8, 4) is 5.75 Å². The van der Waals surface area contributed by atoms with Crippen LogP contribution in [0.5, 0.6) is 5.75 Å². The van der Waals surface area contributed by atoms with E-state index in [2.05, 4.69) is 20.9 Å². The molecule has 1 rings (SSSR count).